The minimum absolute atomic E-state index is 0.138. The highest BCUT2D eigenvalue weighted by atomic mass is 16.3. The van der Waals surface area contributed by atoms with E-state index in [0.717, 1.165) is 32.7 Å². The Morgan fingerprint density at radius 1 is 1.00 bits per heavy atom. The van der Waals surface area contributed by atoms with Crippen LogP contribution in [0, 0.1) is 0 Å². The van der Waals surface area contributed by atoms with Gasteiger partial charge in [0.1, 0.15) is 5.75 Å². The smallest absolute Gasteiger partial charge is 0.254 e. The number of para-hydroxylation sites is 1. The van der Waals surface area contributed by atoms with E-state index in [1.807, 2.05) is 12.1 Å². The number of benzene rings is 2. The molecule has 1 saturated heterocycles. The van der Waals surface area contributed by atoms with Crippen molar-refractivity contribution in [2.24, 2.45) is 5.10 Å². The number of amides is 1. The molecule has 6 heteroatoms. The lowest BCUT2D eigenvalue weighted by Gasteiger charge is -2.34. The summed E-state index contributed by atoms with van der Waals surface area (Å²) >= 11 is 0. The Hall–Kier alpha value is -2.70. The fourth-order valence-corrected chi connectivity index (χ4v) is 3.17. The van der Waals surface area contributed by atoms with Crippen LogP contribution < -0.4 is 5.43 Å². The zero-order chi connectivity index (χ0) is 19.1. The molecule has 2 N–H and O–H groups in total. The first-order valence-corrected chi connectivity index (χ1v) is 9.22. The number of hydrogen-bond donors (Lipinski definition) is 2. The first-order valence-electron chi connectivity index (χ1n) is 9.22. The molecule has 6 nitrogen and oxygen atoms in total. The van der Waals surface area contributed by atoms with Crippen LogP contribution in [-0.2, 0) is 11.3 Å². The summed E-state index contributed by atoms with van der Waals surface area (Å²) in [7, 11) is 0. The molecule has 1 aliphatic rings. The maximum Gasteiger partial charge on any atom is 0.254 e. The van der Waals surface area contributed by atoms with Crippen molar-refractivity contribution in [3.05, 3.63) is 65.7 Å². The van der Waals surface area contributed by atoms with E-state index in [4.69, 9.17) is 0 Å². The van der Waals surface area contributed by atoms with Crippen molar-refractivity contribution in [2.45, 2.75) is 13.5 Å². The standard InChI is InChI=1S/C21H26N4O2/c1-17(19-9-5-6-10-20(19)26)22-23-21(27)16-25-13-11-24(12-14-25)15-18-7-3-2-4-8-18/h2-10,26H,11-16H2,1H3,(H,23,27)/b22-17-. The molecule has 0 aromatic heterocycles. The van der Waals surface area contributed by atoms with E-state index in [0.29, 0.717) is 17.8 Å². The third-order valence-corrected chi connectivity index (χ3v) is 4.72. The number of nitrogens with zero attached hydrogens (tertiary/aromatic N) is 3. The maximum atomic E-state index is 12.2. The predicted octanol–water partition coefficient (Wildman–Crippen LogP) is 2.05. The minimum atomic E-state index is -0.138. The maximum absolute atomic E-state index is 12.2. The van der Waals surface area contributed by atoms with E-state index in [1.165, 1.54) is 5.56 Å². The first kappa shape index (κ1) is 19.1. The van der Waals surface area contributed by atoms with Gasteiger partial charge >= 0.3 is 0 Å². The number of nitrogens with one attached hydrogen (secondary N) is 1. The van der Waals surface area contributed by atoms with Crippen molar-refractivity contribution >= 4 is 11.6 Å². The number of aromatic hydroxyl groups is 1. The molecule has 27 heavy (non-hydrogen) atoms. The SMILES string of the molecule is C/C(=N/NC(=O)CN1CCN(Cc2ccccc2)CC1)c1ccccc1O. The second kappa shape index (κ2) is 9.30. The van der Waals surface area contributed by atoms with Gasteiger partial charge in [0.2, 0.25) is 0 Å². The fraction of sp³-hybridized carbons (Fsp3) is 0.333. The molecule has 1 heterocycles. The lowest BCUT2D eigenvalue weighted by molar-refractivity contribution is -0.122. The summed E-state index contributed by atoms with van der Waals surface area (Å²) in [5.74, 6) is 0.0174. The van der Waals surface area contributed by atoms with E-state index < -0.39 is 0 Å². The predicted molar refractivity (Wildman–Crippen MR) is 107 cm³/mol. The Kier molecular flexibility index (Phi) is 6.57. The van der Waals surface area contributed by atoms with Crippen LogP contribution in [-0.4, -0.2) is 59.2 Å². The number of phenols is 1. The summed E-state index contributed by atoms with van der Waals surface area (Å²) in [6.07, 6.45) is 0. The van der Waals surface area contributed by atoms with Crippen LogP contribution in [0.25, 0.3) is 0 Å². The van der Waals surface area contributed by atoms with Crippen molar-refractivity contribution in [1.29, 1.82) is 0 Å². The zero-order valence-electron chi connectivity index (χ0n) is 15.6. The van der Waals surface area contributed by atoms with E-state index in [-0.39, 0.29) is 11.7 Å². The van der Waals surface area contributed by atoms with E-state index >= 15 is 0 Å². The molecule has 0 atom stereocenters. The van der Waals surface area contributed by atoms with E-state index in [1.54, 1.807) is 25.1 Å². The van der Waals surface area contributed by atoms with Gasteiger partial charge in [0, 0.05) is 38.3 Å². The quantitative estimate of drug-likeness (QED) is 0.607. The number of phenolic OH excluding ortho intramolecular Hbond substituents is 1. The Labute approximate surface area is 160 Å². The van der Waals surface area contributed by atoms with Gasteiger partial charge in [-0.15, -0.1) is 0 Å². The van der Waals surface area contributed by atoms with Crippen molar-refractivity contribution in [3.8, 4) is 5.75 Å². The highest BCUT2D eigenvalue weighted by Gasteiger charge is 2.19. The summed E-state index contributed by atoms with van der Waals surface area (Å²) in [6.45, 7) is 6.66. The third-order valence-electron chi connectivity index (χ3n) is 4.72. The lowest BCUT2D eigenvalue weighted by atomic mass is 10.1. The molecule has 1 fully saturated rings. The van der Waals surface area contributed by atoms with Crippen LogP contribution in [0.4, 0.5) is 0 Å². The molecule has 0 aliphatic carbocycles. The largest absolute Gasteiger partial charge is 0.507 e. The molecule has 2 aromatic carbocycles. The van der Waals surface area contributed by atoms with Crippen LogP contribution in [0.5, 0.6) is 5.75 Å². The Balaban J connectivity index is 1.43. The van der Waals surface area contributed by atoms with Crippen LogP contribution in [0.3, 0.4) is 0 Å². The molecule has 0 radical (unpaired) electrons. The van der Waals surface area contributed by atoms with Gasteiger partial charge in [-0.05, 0) is 24.6 Å². The topological polar surface area (TPSA) is 68.2 Å². The first-order chi connectivity index (χ1) is 13.1. The minimum Gasteiger partial charge on any atom is -0.507 e. The van der Waals surface area contributed by atoms with Gasteiger partial charge in [0.15, 0.2) is 0 Å². The van der Waals surface area contributed by atoms with Crippen LogP contribution >= 0.6 is 0 Å². The third kappa shape index (κ3) is 5.64. The molecule has 2 aromatic rings. The van der Waals surface area contributed by atoms with Crippen molar-refractivity contribution in [3.63, 3.8) is 0 Å². The summed E-state index contributed by atoms with van der Waals surface area (Å²) in [5.41, 5.74) is 5.10. The molecular weight excluding hydrogens is 340 g/mol. The Bertz CT molecular complexity index is 784. The van der Waals surface area contributed by atoms with Crippen molar-refractivity contribution in [1.82, 2.24) is 15.2 Å². The summed E-state index contributed by atoms with van der Waals surface area (Å²) in [4.78, 5) is 16.7. The van der Waals surface area contributed by atoms with Gasteiger partial charge in [0.05, 0.1) is 12.3 Å². The highest BCUT2D eigenvalue weighted by molar-refractivity contribution is 6.01. The molecule has 1 amide bonds. The average molecular weight is 366 g/mol. The number of rotatable bonds is 6. The highest BCUT2D eigenvalue weighted by Crippen LogP contribution is 2.16. The summed E-state index contributed by atoms with van der Waals surface area (Å²) in [6, 6.07) is 17.4. The monoisotopic (exact) mass is 366 g/mol. The lowest BCUT2D eigenvalue weighted by Crippen LogP contribution is -2.48. The van der Waals surface area contributed by atoms with Gasteiger partial charge in [-0.3, -0.25) is 14.6 Å². The van der Waals surface area contributed by atoms with Gasteiger partial charge in [-0.1, -0.05) is 42.5 Å². The zero-order valence-corrected chi connectivity index (χ0v) is 15.6. The number of carbonyl (C=O) groups is 1. The molecular formula is C21H26N4O2. The Morgan fingerprint density at radius 2 is 1.63 bits per heavy atom. The van der Waals surface area contributed by atoms with Gasteiger partial charge in [-0.2, -0.15) is 5.10 Å². The van der Waals surface area contributed by atoms with Crippen molar-refractivity contribution in [2.75, 3.05) is 32.7 Å². The van der Waals surface area contributed by atoms with Crippen molar-refractivity contribution < 1.29 is 9.90 Å². The summed E-state index contributed by atoms with van der Waals surface area (Å²) in [5, 5.41) is 13.9. The number of hydrazone groups is 1. The second-order valence-corrected chi connectivity index (χ2v) is 6.79. The van der Waals surface area contributed by atoms with Crippen LogP contribution in [0.2, 0.25) is 0 Å². The molecule has 0 saturated carbocycles. The summed E-state index contributed by atoms with van der Waals surface area (Å²) < 4.78 is 0. The van der Waals surface area contributed by atoms with Gasteiger partial charge < -0.3 is 5.11 Å². The normalized spacial score (nSPS) is 16.3. The molecule has 0 unspecified atom stereocenters. The molecule has 142 valence electrons. The molecule has 0 spiro atoms. The molecule has 1 aliphatic heterocycles. The number of carbonyl (C=O) groups excluding carboxylic acids is 1. The molecule has 3 rings (SSSR count). The van der Waals surface area contributed by atoms with E-state index in [9.17, 15) is 9.90 Å². The van der Waals surface area contributed by atoms with Crippen LogP contribution in [0.1, 0.15) is 18.1 Å². The second-order valence-electron chi connectivity index (χ2n) is 6.79. The fourth-order valence-electron chi connectivity index (χ4n) is 3.17. The molecule has 0 bridgehead atoms. The average Bonchev–Trinajstić information content (AvgIpc) is 2.69. The number of hydrogen-bond acceptors (Lipinski definition) is 5. The number of piperazine rings is 1. The Morgan fingerprint density at radius 3 is 2.33 bits per heavy atom. The van der Waals surface area contributed by atoms with E-state index in [2.05, 4.69) is 44.6 Å². The van der Waals surface area contributed by atoms with Gasteiger partial charge in [-0.25, -0.2) is 5.43 Å². The van der Waals surface area contributed by atoms with Gasteiger partial charge in [0.25, 0.3) is 5.91 Å². The van der Waals surface area contributed by atoms with Crippen LogP contribution in [0.15, 0.2) is 59.7 Å².